The predicted molar refractivity (Wildman–Crippen MR) is 109 cm³/mol. The number of amides is 1. The zero-order valence-corrected chi connectivity index (χ0v) is 16.1. The zero-order chi connectivity index (χ0) is 22.3. The number of alkyl halides is 3. The van der Waals surface area contributed by atoms with Crippen LogP contribution in [-0.4, -0.2) is 10.9 Å². The van der Waals surface area contributed by atoms with E-state index in [-0.39, 0.29) is 17.9 Å². The molecule has 31 heavy (non-hydrogen) atoms. The first-order chi connectivity index (χ1) is 14.9. The number of nitrogens with zero attached hydrogens (tertiary/aromatic N) is 2. The number of halogens is 3. The van der Waals surface area contributed by atoms with Gasteiger partial charge in [0.25, 0.3) is 5.91 Å². The van der Waals surface area contributed by atoms with Crippen molar-refractivity contribution < 1.29 is 22.7 Å². The minimum atomic E-state index is -4.54. The Bertz CT molecular complexity index is 1140. The summed E-state index contributed by atoms with van der Waals surface area (Å²) in [5.74, 6) is -0.408. The van der Waals surface area contributed by atoms with E-state index >= 15 is 0 Å². The third-order valence-corrected chi connectivity index (χ3v) is 4.13. The maximum atomic E-state index is 12.9. The highest BCUT2D eigenvalue weighted by Crippen LogP contribution is 2.31. The molecule has 0 unspecified atom stereocenters. The van der Waals surface area contributed by atoms with Gasteiger partial charge in [-0.1, -0.05) is 30.3 Å². The number of carbonyl (C=O) groups is 1. The average molecular weight is 423 g/mol. The van der Waals surface area contributed by atoms with Gasteiger partial charge in [0.15, 0.2) is 0 Å². The number of aromatic nitrogens is 1. The summed E-state index contributed by atoms with van der Waals surface area (Å²) in [6.07, 6.45) is -1.59. The van der Waals surface area contributed by atoms with Crippen molar-refractivity contribution in [3.8, 4) is 11.8 Å². The number of nitriles is 1. The zero-order valence-electron chi connectivity index (χ0n) is 16.1. The molecule has 0 aliphatic carbocycles. The SMILES string of the molecule is N#C/C(=C\c1ccccc1OCc1ccccn1)C(=O)Nc1cccc(C(F)(F)F)c1. The Morgan fingerprint density at radius 3 is 2.58 bits per heavy atom. The third-order valence-electron chi connectivity index (χ3n) is 4.13. The maximum Gasteiger partial charge on any atom is 0.416 e. The van der Waals surface area contributed by atoms with Gasteiger partial charge in [-0.05, 0) is 42.5 Å². The monoisotopic (exact) mass is 423 g/mol. The fourth-order valence-corrected chi connectivity index (χ4v) is 2.64. The molecule has 8 heteroatoms. The Morgan fingerprint density at radius 2 is 1.87 bits per heavy atom. The smallest absolute Gasteiger partial charge is 0.416 e. The average Bonchev–Trinajstić information content (AvgIpc) is 2.77. The third kappa shape index (κ3) is 5.93. The van der Waals surface area contributed by atoms with Crippen LogP contribution >= 0.6 is 0 Å². The van der Waals surface area contributed by atoms with Crippen LogP contribution in [0.4, 0.5) is 18.9 Å². The number of ether oxygens (including phenoxy) is 1. The molecular formula is C23H16F3N3O2. The van der Waals surface area contributed by atoms with E-state index in [1.165, 1.54) is 18.2 Å². The van der Waals surface area contributed by atoms with Gasteiger partial charge in [0.05, 0.1) is 11.3 Å². The van der Waals surface area contributed by atoms with E-state index in [1.807, 2.05) is 6.07 Å². The number of para-hydroxylation sites is 1. The van der Waals surface area contributed by atoms with Crippen molar-refractivity contribution in [2.75, 3.05) is 5.32 Å². The summed E-state index contributed by atoms with van der Waals surface area (Å²) >= 11 is 0. The highest BCUT2D eigenvalue weighted by atomic mass is 19.4. The minimum Gasteiger partial charge on any atom is -0.487 e. The standard InChI is InChI=1S/C23H16F3N3O2/c24-23(25,26)18-7-5-9-19(13-18)29-22(30)17(14-27)12-16-6-1-2-10-21(16)31-15-20-8-3-4-11-28-20/h1-13H,15H2,(H,29,30)/b17-12+. The van der Waals surface area contributed by atoms with Gasteiger partial charge in [-0.25, -0.2) is 0 Å². The van der Waals surface area contributed by atoms with Gasteiger partial charge in [-0.15, -0.1) is 0 Å². The topological polar surface area (TPSA) is 75.0 Å². The maximum absolute atomic E-state index is 12.9. The van der Waals surface area contributed by atoms with Crippen molar-refractivity contribution in [2.45, 2.75) is 12.8 Å². The van der Waals surface area contributed by atoms with Crippen molar-refractivity contribution in [1.29, 1.82) is 5.26 Å². The normalized spacial score (nSPS) is 11.5. The van der Waals surface area contributed by atoms with E-state index in [1.54, 1.807) is 48.7 Å². The molecule has 2 aromatic carbocycles. The summed E-state index contributed by atoms with van der Waals surface area (Å²) in [5.41, 5.74) is -0.0914. The number of nitrogens with one attached hydrogen (secondary N) is 1. The van der Waals surface area contributed by atoms with E-state index < -0.39 is 17.6 Å². The van der Waals surface area contributed by atoms with Crippen LogP contribution in [0.25, 0.3) is 6.08 Å². The molecule has 1 N–H and O–H groups in total. The van der Waals surface area contributed by atoms with Crippen LogP contribution in [0.15, 0.2) is 78.5 Å². The van der Waals surface area contributed by atoms with Gasteiger partial charge in [0.1, 0.15) is 24.0 Å². The van der Waals surface area contributed by atoms with E-state index in [2.05, 4.69) is 10.3 Å². The molecule has 0 saturated heterocycles. The van der Waals surface area contributed by atoms with Crippen LogP contribution in [0, 0.1) is 11.3 Å². The lowest BCUT2D eigenvalue weighted by Gasteiger charge is -2.11. The molecule has 0 aliphatic rings. The van der Waals surface area contributed by atoms with E-state index in [0.717, 1.165) is 12.1 Å². The molecule has 156 valence electrons. The van der Waals surface area contributed by atoms with Crippen LogP contribution in [0.5, 0.6) is 5.75 Å². The van der Waals surface area contributed by atoms with Crippen molar-refractivity contribution in [2.24, 2.45) is 0 Å². The Hall–Kier alpha value is -4.12. The van der Waals surface area contributed by atoms with Crippen molar-refractivity contribution in [3.05, 3.63) is 95.3 Å². The molecule has 0 bridgehead atoms. The predicted octanol–water partition coefficient (Wildman–Crippen LogP) is 5.23. The van der Waals surface area contributed by atoms with E-state index in [9.17, 15) is 23.2 Å². The summed E-state index contributed by atoms with van der Waals surface area (Å²) in [6, 6.07) is 18.1. The Balaban J connectivity index is 1.79. The quantitative estimate of drug-likeness (QED) is 0.435. The second-order valence-corrected chi connectivity index (χ2v) is 6.35. The second-order valence-electron chi connectivity index (χ2n) is 6.35. The number of rotatable bonds is 6. The summed E-state index contributed by atoms with van der Waals surface area (Å²) in [6.45, 7) is 0.185. The van der Waals surface area contributed by atoms with Gasteiger partial charge in [0, 0.05) is 17.4 Å². The number of benzene rings is 2. The molecule has 0 atom stereocenters. The molecule has 0 fully saturated rings. The van der Waals surface area contributed by atoms with Crippen LogP contribution in [0.3, 0.4) is 0 Å². The van der Waals surface area contributed by atoms with Gasteiger partial charge in [-0.2, -0.15) is 18.4 Å². The Morgan fingerprint density at radius 1 is 1.10 bits per heavy atom. The summed E-state index contributed by atoms with van der Waals surface area (Å²) < 4.78 is 44.3. The lowest BCUT2D eigenvalue weighted by Crippen LogP contribution is -2.14. The van der Waals surface area contributed by atoms with Crippen molar-refractivity contribution in [3.63, 3.8) is 0 Å². The Kier molecular flexibility index (Phi) is 6.67. The fourth-order valence-electron chi connectivity index (χ4n) is 2.64. The summed E-state index contributed by atoms with van der Waals surface area (Å²) in [7, 11) is 0. The van der Waals surface area contributed by atoms with Gasteiger partial charge < -0.3 is 10.1 Å². The number of hydrogen-bond acceptors (Lipinski definition) is 4. The largest absolute Gasteiger partial charge is 0.487 e. The number of pyridine rings is 1. The minimum absolute atomic E-state index is 0.0688. The molecule has 5 nitrogen and oxygen atoms in total. The molecule has 0 radical (unpaired) electrons. The van der Waals surface area contributed by atoms with Gasteiger partial charge in [-0.3, -0.25) is 9.78 Å². The molecule has 0 saturated carbocycles. The molecule has 0 spiro atoms. The van der Waals surface area contributed by atoms with Crippen LogP contribution in [0.1, 0.15) is 16.8 Å². The first kappa shape index (κ1) is 21.6. The van der Waals surface area contributed by atoms with Crippen LogP contribution in [0.2, 0.25) is 0 Å². The highest BCUT2D eigenvalue weighted by molar-refractivity contribution is 6.09. The highest BCUT2D eigenvalue weighted by Gasteiger charge is 2.30. The molecule has 3 rings (SSSR count). The second kappa shape index (κ2) is 9.59. The van der Waals surface area contributed by atoms with Crippen LogP contribution in [-0.2, 0) is 17.6 Å². The fraction of sp³-hybridized carbons (Fsp3) is 0.0870. The number of carbonyl (C=O) groups excluding carboxylic acids is 1. The lowest BCUT2D eigenvalue weighted by atomic mass is 10.1. The molecule has 0 aliphatic heterocycles. The first-order valence-corrected chi connectivity index (χ1v) is 9.09. The number of hydrogen-bond donors (Lipinski definition) is 1. The van der Waals surface area contributed by atoms with Gasteiger partial charge >= 0.3 is 6.18 Å². The Labute approximate surface area is 176 Å². The molecular weight excluding hydrogens is 407 g/mol. The molecule has 1 aromatic heterocycles. The van der Waals surface area contributed by atoms with E-state index in [4.69, 9.17) is 4.74 Å². The molecule has 1 heterocycles. The van der Waals surface area contributed by atoms with Crippen LogP contribution < -0.4 is 10.1 Å². The molecule has 1 amide bonds. The van der Waals surface area contributed by atoms with Crippen molar-refractivity contribution >= 4 is 17.7 Å². The van der Waals surface area contributed by atoms with Crippen molar-refractivity contribution in [1.82, 2.24) is 4.98 Å². The molecule has 3 aromatic rings. The number of anilines is 1. The summed E-state index contributed by atoms with van der Waals surface area (Å²) in [4.78, 5) is 16.6. The van der Waals surface area contributed by atoms with E-state index in [0.29, 0.717) is 17.0 Å². The summed E-state index contributed by atoms with van der Waals surface area (Å²) in [5, 5.41) is 11.7. The lowest BCUT2D eigenvalue weighted by molar-refractivity contribution is -0.137. The first-order valence-electron chi connectivity index (χ1n) is 9.09. The van der Waals surface area contributed by atoms with Gasteiger partial charge in [0.2, 0.25) is 0 Å².